The van der Waals surface area contributed by atoms with E-state index in [2.05, 4.69) is 10.6 Å². The van der Waals surface area contributed by atoms with E-state index in [1.807, 2.05) is 0 Å². The summed E-state index contributed by atoms with van der Waals surface area (Å²) in [5.41, 5.74) is 0.416. The fourth-order valence-corrected chi connectivity index (χ4v) is 3.79. The summed E-state index contributed by atoms with van der Waals surface area (Å²) >= 11 is 0. The zero-order valence-electron chi connectivity index (χ0n) is 11.1. The second kappa shape index (κ2) is 6.21. The fourth-order valence-electron chi connectivity index (χ4n) is 2.05. The summed E-state index contributed by atoms with van der Waals surface area (Å²) < 4.78 is 35.2. The molecular formula is C13H15FN2O4S. The molecule has 6 nitrogen and oxygen atoms in total. The van der Waals surface area contributed by atoms with E-state index in [9.17, 15) is 22.4 Å². The number of benzene rings is 1. The van der Waals surface area contributed by atoms with Crippen LogP contribution >= 0.6 is 0 Å². The molecule has 2 rings (SSSR count). The first-order valence-electron chi connectivity index (χ1n) is 6.39. The Bertz CT molecular complexity index is 643. The largest absolute Gasteiger partial charge is 0.347 e. The second-order valence-corrected chi connectivity index (χ2v) is 7.10. The Morgan fingerprint density at radius 3 is 2.48 bits per heavy atom. The molecule has 0 radical (unpaired) electrons. The van der Waals surface area contributed by atoms with Crippen molar-refractivity contribution in [1.82, 2.24) is 5.32 Å². The summed E-state index contributed by atoms with van der Waals surface area (Å²) in [5, 5.41) is 4.90. The summed E-state index contributed by atoms with van der Waals surface area (Å²) in [6.45, 7) is -0.257. The number of nitrogens with one attached hydrogen (secondary N) is 2. The highest BCUT2D eigenvalue weighted by Crippen LogP contribution is 2.18. The number of sulfone groups is 1. The van der Waals surface area contributed by atoms with Gasteiger partial charge >= 0.3 is 0 Å². The molecule has 1 heterocycles. The van der Waals surface area contributed by atoms with Gasteiger partial charge in [0.2, 0.25) is 11.8 Å². The minimum Gasteiger partial charge on any atom is -0.347 e. The SMILES string of the molecule is O=C(CNC(=O)C1CCS(=O)(=O)C1)Nc1ccc(F)cc1. The number of halogens is 1. The van der Waals surface area contributed by atoms with Gasteiger partial charge in [0.05, 0.1) is 24.0 Å². The van der Waals surface area contributed by atoms with Crippen LogP contribution in [-0.2, 0) is 19.4 Å². The van der Waals surface area contributed by atoms with E-state index in [0.717, 1.165) is 0 Å². The van der Waals surface area contributed by atoms with Crippen LogP contribution in [-0.4, -0.2) is 38.3 Å². The lowest BCUT2D eigenvalue weighted by Gasteiger charge is -2.09. The van der Waals surface area contributed by atoms with E-state index in [0.29, 0.717) is 5.69 Å². The molecule has 1 saturated heterocycles. The van der Waals surface area contributed by atoms with Crippen LogP contribution < -0.4 is 10.6 Å². The molecule has 0 bridgehead atoms. The Morgan fingerprint density at radius 2 is 1.90 bits per heavy atom. The average molecular weight is 314 g/mol. The van der Waals surface area contributed by atoms with Crippen molar-refractivity contribution in [1.29, 1.82) is 0 Å². The van der Waals surface area contributed by atoms with E-state index in [1.54, 1.807) is 0 Å². The van der Waals surface area contributed by atoms with Crippen LogP contribution in [0.3, 0.4) is 0 Å². The molecule has 114 valence electrons. The highest BCUT2D eigenvalue weighted by Gasteiger charge is 2.32. The summed E-state index contributed by atoms with van der Waals surface area (Å²) in [6, 6.07) is 5.21. The molecule has 2 N–H and O–H groups in total. The molecule has 0 spiro atoms. The first-order valence-corrected chi connectivity index (χ1v) is 8.21. The molecule has 1 aliphatic rings. The molecule has 1 aromatic carbocycles. The van der Waals surface area contributed by atoms with E-state index in [4.69, 9.17) is 0 Å². The van der Waals surface area contributed by atoms with Gasteiger partial charge in [-0.1, -0.05) is 0 Å². The molecular weight excluding hydrogens is 299 g/mol. The molecule has 1 fully saturated rings. The molecule has 1 atom stereocenters. The molecule has 0 saturated carbocycles. The van der Waals surface area contributed by atoms with Gasteiger partial charge in [-0.05, 0) is 30.7 Å². The van der Waals surface area contributed by atoms with Gasteiger partial charge < -0.3 is 10.6 Å². The van der Waals surface area contributed by atoms with Crippen molar-refractivity contribution >= 4 is 27.3 Å². The standard InChI is InChI=1S/C13H15FN2O4S/c14-10-1-3-11(4-2-10)16-12(17)7-15-13(18)9-5-6-21(19,20)8-9/h1-4,9H,5-8H2,(H,15,18)(H,16,17). The first-order chi connectivity index (χ1) is 9.85. The summed E-state index contributed by atoms with van der Waals surface area (Å²) in [7, 11) is -3.13. The minimum absolute atomic E-state index is 0.00681. The van der Waals surface area contributed by atoms with Crippen LogP contribution in [0.5, 0.6) is 0 Å². The van der Waals surface area contributed by atoms with Gasteiger partial charge in [-0.3, -0.25) is 9.59 Å². The average Bonchev–Trinajstić information content (AvgIpc) is 2.79. The molecule has 1 unspecified atom stereocenters. The Balaban J connectivity index is 1.79. The Kier molecular flexibility index (Phi) is 4.56. The number of hydrogen-bond acceptors (Lipinski definition) is 4. The Hall–Kier alpha value is -1.96. The van der Waals surface area contributed by atoms with Crippen LogP contribution in [0.4, 0.5) is 10.1 Å². The monoisotopic (exact) mass is 314 g/mol. The molecule has 2 amide bonds. The molecule has 0 aromatic heterocycles. The number of rotatable bonds is 4. The Labute approximate surface area is 121 Å². The van der Waals surface area contributed by atoms with Crippen LogP contribution in [0.25, 0.3) is 0 Å². The van der Waals surface area contributed by atoms with Gasteiger partial charge in [-0.25, -0.2) is 12.8 Å². The smallest absolute Gasteiger partial charge is 0.243 e. The maximum absolute atomic E-state index is 12.7. The molecule has 8 heteroatoms. The molecule has 1 aromatic rings. The van der Waals surface area contributed by atoms with Crippen molar-refractivity contribution < 1.29 is 22.4 Å². The van der Waals surface area contributed by atoms with E-state index >= 15 is 0 Å². The maximum atomic E-state index is 12.7. The predicted octanol–water partition coefficient (Wildman–Crippen LogP) is 0.315. The second-order valence-electron chi connectivity index (χ2n) is 4.87. The third-order valence-corrected chi connectivity index (χ3v) is 4.92. The summed E-state index contributed by atoms with van der Waals surface area (Å²) in [4.78, 5) is 23.3. The highest BCUT2D eigenvalue weighted by molar-refractivity contribution is 7.91. The van der Waals surface area contributed by atoms with Gasteiger partial charge in [-0.15, -0.1) is 0 Å². The number of carbonyl (C=O) groups excluding carboxylic acids is 2. The maximum Gasteiger partial charge on any atom is 0.243 e. The first kappa shape index (κ1) is 15.4. The van der Waals surface area contributed by atoms with Gasteiger partial charge in [0, 0.05) is 5.69 Å². The predicted molar refractivity (Wildman–Crippen MR) is 74.8 cm³/mol. The van der Waals surface area contributed by atoms with Gasteiger partial charge in [0.25, 0.3) is 0 Å². The van der Waals surface area contributed by atoms with Gasteiger partial charge in [0.15, 0.2) is 9.84 Å². The molecule has 0 aliphatic carbocycles. The third kappa shape index (κ3) is 4.52. The molecule has 21 heavy (non-hydrogen) atoms. The van der Waals surface area contributed by atoms with Crippen LogP contribution in [0.15, 0.2) is 24.3 Å². The van der Waals surface area contributed by atoms with Crippen molar-refractivity contribution in [3.05, 3.63) is 30.1 Å². The number of anilines is 1. The van der Waals surface area contributed by atoms with Crippen molar-refractivity contribution in [3.63, 3.8) is 0 Å². The third-order valence-electron chi connectivity index (χ3n) is 3.15. The topological polar surface area (TPSA) is 92.3 Å². The van der Waals surface area contributed by atoms with Gasteiger partial charge in [0.1, 0.15) is 5.82 Å². The fraction of sp³-hybridized carbons (Fsp3) is 0.385. The van der Waals surface area contributed by atoms with Crippen LogP contribution in [0.2, 0.25) is 0 Å². The van der Waals surface area contributed by atoms with Crippen LogP contribution in [0.1, 0.15) is 6.42 Å². The lowest BCUT2D eigenvalue weighted by Crippen LogP contribution is -2.37. The van der Waals surface area contributed by atoms with Crippen molar-refractivity contribution in [3.8, 4) is 0 Å². The number of hydrogen-bond donors (Lipinski definition) is 2. The zero-order chi connectivity index (χ0) is 15.5. The quantitative estimate of drug-likeness (QED) is 0.837. The van der Waals surface area contributed by atoms with Crippen molar-refractivity contribution in [2.75, 3.05) is 23.4 Å². The van der Waals surface area contributed by atoms with E-state index in [1.165, 1.54) is 24.3 Å². The lowest BCUT2D eigenvalue weighted by molar-refractivity contribution is -0.126. The highest BCUT2D eigenvalue weighted by atomic mass is 32.2. The Morgan fingerprint density at radius 1 is 1.24 bits per heavy atom. The van der Waals surface area contributed by atoms with Crippen molar-refractivity contribution in [2.24, 2.45) is 5.92 Å². The van der Waals surface area contributed by atoms with Gasteiger partial charge in [-0.2, -0.15) is 0 Å². The molecule has 1 aliphatic heterocycles. The van der Waals surface area contributed by atoms with E-state index < -0.39 is 33.4 Å². The summed E-state index contributed by atoms with van der Waals surface area (Å²) in [5.74, 6) is -2.07. The minimum atomic E-state index is -3.13. The number of carbonyl (C=O) groups is 2. The summed E-state index contributed by atoms with van der Waals surface area (Å²) in [6.07, 6.45) is 0.285. The zero-order valence-corrected chi connectivity index (χ0v) is 12.0. The van der Waals surface area contributed by atoms with Crippen molar-refractivity contribution in [2.45, 2.75) is 6.42 Å². The normalized spacial score (nSPS) is 20.0. The lowest BCUT2D eigenvalue weighted by atomic mass is 10.1. The van der Waals surface area contributed by atoms with Crippen LogP contribution in [0, 0.1) is 11.7 Å². The van der Waals surface area contributed by atoms with E-state index in [-0.39, 0.29) is 24.5 Å². The number of amides is 2.